The Morgan fingerprint density at radius 1 is 1.24 bits per heavy atom. The second-order valence-electron chi connectivity index (χ2n) is 7.17. The third-order valence-electron chi connectivity index (χ3n) is 5.05. The van der Waals surface area contributed by atoms with Crippen LogP contribution in [-0.4, -0.2) is 49.1 Å². The maximum absolute atomic E-state index is 10.6. The molecule has 5 nitrogen and oxygen atoms in total. The molecular weight excluding hydrogens is 388 g/mol. The summed E-state index contributed by atoms with van der Waals surface area (Å²) in [4.78, 5) is 2.19. The topological polar surface area (TPSA) is 54.0 Å². The van der Waals surface area contributed by atoms with Crippen molar-refractivity contribution in [1.29, 1.82) is 0 Å². The van der Waals surface area contributed by atoms with E-state index in [9.17, 15) is 5.11 Å². The van der Waals surface area contributed by atoms with Crippen molar-refractivity contribution in [3.8, 4) is 11.5 Å². The summed E-state index contributed by atoms with van der Waals surface area (Å²) in [6.45, 7) is 6.04. The number of nitrogens with zero attached hydrogens (tertiary/aromatic N) is 1. The number of rotatable bonds is 7. The van der Waals surface area contributed by atoms with E-state index in [0.29, 0.717) is 16.5 Å². The molecule has 0 aliphatic carbocycles. The third-order valence-corrected chi connectivity index (χ3v) is 5.29. The molecule has 2 aromatic carbocycles. The number of nitrogens with one attached hydrogen (secondary N) is 1. The van der Waals surface area contributed by atoms with Gasteiger partial charge in [-0.15, -0.1) is 0 Å². The van der Waals surface area contributed by atoms with Gasteiger partial charge < -0.3 is 19.9 Å². The fraction of sp³-hybridized carbons (Fsp3) is 0.391. The van der Waals surface area contributed by atoms with Gasteiger partial charge in [0.25, 0.3) is 0 Å². The Balaban J connectivity index is 1.90. The van der Waals surface area contributed by atoms with Crippen molar-refractivity contribution in [2.45, 2.75) is 32.2 Å². The van der Waals surface area contributed by atoms with Crippen molar-refractivity contribution in [3.63, 3.8) is 0 Å². The zero-order valence-electron chi connectivity index (χ0n) is 17.1. The van der Waals surface area contributed by atoms with E-state index in [0.717, 1.165) is 30.8 Å². The van der Waals surface area contributed by atoms with Crippen molar-refractivity contribution in [1.82, 2.24) is 10.2 Å². The second-order valence-corrected chi connectivity index (χ2v) is 7.61. The van der Waals surface area contributed by atoms with E-state index in [4.69, 9.17) is 21.1 Å². The first-order valence-corrected chi connectivity index (χ1v) is 10.3. The van der Waals surface area contributed by atoms with Crippen molar-refractivity contribution in [3.05, 3.63) is 64.7 Å². The van der Waals surface area contributed by atoms with Gasteiger partial charge in [-0.05, 0) is 49.2 Å². The van der Waals surface area contributed by atoms with Gasteiger partial charge in [0.05, 0.1) is 13.2 Å². The second kappa shape index (κ2) is 10.1. The highest BCUT2D eigenvalue weighted by molar-refractivity contribution is 6.30. The van der Waals surface area contributed by atoms with Gasteiger partial charge in [-0.1, -0.05) is 42.0 Å². The highest BCUT2D eigenvalue weighted by Crippen LogP contribution is 2.33. The van der Waals surface area contributed by atoms with Crippen molar-refractivity contribution in [2.24, 2.45) is 0 Å². The monoisotopic (exact) mass is 416 g/mol. The maximum Gasteiger partial charge on any atom is 0.179 e. The van der Waals surface area contributed by atoms with E-state index >= 15 is 0 Å². The summed E-state index contributed by atoms with van der Waals surface area (Å²) in [5.74, 6) is 1.25. The highest BCUT2D eigenvalue weighted by Gasteiger charge is 2.34. The lowest BCUT2D eigenvalue weighted by atomic mass is 10.0. The number of aliphatic hydroxyl groups is 1. The summed E-state index contributed by atoms with van der Waals surface area (Å²) in [5.41, 5.74) is 2.12. The predicted molar refractivity (Wildman–Crippen MR) is 118 cm³/mol. The Morgan fingerprint density at radius 3 is 2.76 bits per heavy atom. The first-order valence-electron chi connectivity index (χ1n) is 9.91. The van der Waals surface area contributed by atoms with Gasteiger partial charge in [0.1, 0.15) is 6.10 Å². The summed E-state index contributed by atoms with van der Waals surface area (Å²) >= 11 is 6.22. The van der Waals surface area contributed by atoms with Gasteiger partial charge in [0.2, 0.25) is 0 Å². The molecule has 0 saturated carbocycles. The van der Waals surface area contributed by atoms with Crippen LogP contribution < -0.4 is 14.8 Å². The Morgan fingerprint density at radius 2 is 2.07 bits per heavy atom. The van der Waals surface area contributed by atoms with E-state index in [1.54, 1.807) is 14.0 Å². The Bertz CT molecular complexity index is 841. The lowest BCUT2D eigenvalue weighted by molar-refractivity contribution is -0.0854. The minimum Gasteiger partial charge on any atom is -0.493 e. The molecule has 0 aromatic heterocycles. The maximum atomic E-state index is 10.6. The van der Waals surface area contributed by atoms with Crippen LogP contribution in [0.25, 0.3) is 6.08 Å². The van der Waals surface area contributed by atoms with Crippen LogP contribution in [0.4, 0.5) is 0 Å². The molecule has 1 fully saturated rings. The van der Waals surface area contributed by atoms with Gasteiger partial charge in [-0.3, -0.25) is 4.90 Å². The molecule has 1 heterocycles. The van der Waals surface area contributed by atoms with E-state index in [2.05, 4.69) is 16.3 Å². The standard InChI is InChI=1S/C23H29ClN2O3/c1-4-6-17-9-10-21(22(13-17)28-3)29-23(16(2)27)26-12-11-25-15-20(26)18-7-5-8-19(24)14-18/h4-10,13-14,16,20,23,25,27H,11-12,15H2,1-3H3. The summed E-state index contributed by atoms with van der Waals surface area (Å²) < 4.78 is 11.9. The number of ether oxygens (including phenoxy) is 2. The molecule has 3 unspecified atom stereocenters. The van der Waals surface area contributed by atoms with Crippen LogP contribution in [0.5, 0.6) is 11.5 Å². The number of piperazine rings is 1. The van der Waals surface area contributed by atoms with Gasteiger partial charge in [0, 0.05) is 24.7 Å². The molecule has 0 radical (unpaired) electrons. The fourth-order valence-electron chi connectivity index (χ4n) is 3.70. The minimum atomic E-state index is -0.699. The van der Waals surface area contributed by atoms with E-state index in [-0.39, 0.29) is 6.04 Å². The molecule has 1 aliphatic heterocycles. The van der Waals surface area contributed by atoms with Crippen molar-refractivity contribution in [2.75, 3.05) is 26.7 Å². The molecule has 2 N–H and O–H groups in total. The van der Waals surface area contributed by atoms with Gasteiger partial charge in [-0.2, -0.15) is 0 Å². The van der Waals surface area contributed by atoms with Crippen LogP contribution in [0.2, 0.25) is 5.02 Å². The summed E-state index contributed by atoms with van der Waals surface area (Å²) in [6, 6.07) is 13.7. The number of benzene rings is 2. The largest absolute Gasteiger partial charge is 0.493 e. The Labute approximate surface area is 177 Å². The van der Waals surface area contributed by atoms with Crippen molar-refractivity contribution >= 4 is 17.7 Å². The summed E-state index contributed by atoms with van der Waals surface area (Å²) in [7, 11) is 1.62. The zero-order chi connectivity index (χ0) is 20.8. The number of hydrogen-bond acceptors (Lipinski definition) is 5. The van der Waals surface area contributed by atoms with Crippen LogP contribution >= 0.6 is 11.6 Å². The molecule has 6 heteroatoms. The number of halogens is 1. The predicted octanol–water partition coefficient (Wildman–Crippen LogP) is 4.11. The Kier molecular flexibility index (Phi) is 7.56. The highest BCUT2D eigenvalue weighted by atomic mass is 35.5. The van der Waals surface area contributed by atoms with Gasteiger partial charge >= 0.3 is 0 Å². The minimum absolute atomic E-state index is 0.0374. The number of hydrogen-bond donors (Lipinski definition) is 2. The number of aliphatic hydroxyl groups excluding tert-OH is 1. The molecular formula is C23H29ClN2O3. The summed E-state index contributed by atoms with van der Waals surface area (Å²) in [5, 5.41) is 14.7. The van der Waals surface area contributed by atoms with Crippen LogP contribution in [0.1, 0.15) is 31.0 Å². The quantitative estimate of drug-likeness (QED) is 0.711. The lowest BCUT2D eigenvalue weighted by Gasteiger charge is -2.42. The smallest absolute Gasteiger partial charge is 0.179 e. The lowest BCUT2D eigenvalue weighted by Crippen LogP contribution is -2.55. The molecule has 2 aromatic rings. The fourth-order valence-corrected chi connectivity index (χ4v) is 3.90. The van der Waals surface area contributed by atoms with E-state index < -0.39 is 12.3 Å². The Hall–Kier alpha value is -2.05. The average molecular weight is 417 g/mol. The van der Waals surface area contributed by atoms with Crippen LogP contribution in [0.3, 0.4) is 0 Å². The molecule has 1 aliphatic rings. The third kappa shape index (κ3) is 5.31. The molecule has 1 saturated heterocycles. The molecule has 0 spiro atoms. The first-order chi connectivity index (χ1) is 14.0. The molecule has 29 heavy (non-hydrogen) atoms. The van der Waals surface area contributed by atoms with Gasteiger partial charge in [-0.25, -0.2) is 0 Å². The zero-order valence-corrected chi connectivity index (χ0v) is 17.9. The molecule has 156 valence electrons. The van der Waals surface area contributed by atoms with E-state index in [1.807, 2.05) is 55.5 Å². The van der Waals surface area contributed by atoms with Crippen LogP contribution in [-0.2, 0) is 0 Å². The summed E-state index contributed by atoms with van der Waals surface area (Å²) in [6.07, 6.45) is 2.76. The number of allylic oxidation sites excluding steroid dienone is 1. The van der Waals surface area contributed by atoms with Gasteiger partial charge in [0.15, 0.2) is 17.7 Å². The molecule has 3 rings (SSSR count). The average Bonchev–Trinajstić information content (AvgIpc) is 2.72. The van der Waals surface area contributed by atoms with Crippen LogP contribution in [0.15, 0.2) is 48.5 Å². The normalized spacial score (nSPS) is 19.8. The molecule has 3 atom stereocenters. The van der Waals surface area contributed by atoms with E-state index in [1.165, 1.54) is 0 Å². The van der Waals surface area contributed by atoms with Crippen molar-refractivity contribution < 1.29 is 14.6 Å². The SMILES string of the molecule is CC=Cc1ccc(OC(C(C)O)N2CCNCC2c2cccc(Cl)c2)c(OC)c1. The number of methoxy groups -OCH3 is 1. The first kappa shape index (κ1) is 21.7. The van der Waals surface area contributed by atoms with Crippen LogP contribution in [0, 0.1) is 0 Å². The molecule has 0 bridgehead atoms. The molecule has 0 amide bonds.